The Labute approximate surface area is 180 Å². The third-order valence-corrected chi connectivity index (χ3v) is 5.71. The third-order valence-electron chi connectivity index (χ3n) is 4.80. The number of ether oxygens (including phenoxy) is 2. The number of rotatable bonds is 6. The van der Waals surface area contributed by atoms with Crippen LogP contribution in [0.25, 0.3) is 0 Å². The largest absolute Gasteiger partial charge is 0.444 e. The van der Waals surface area contributed by atoms with Gasteiger partial charge < -0.3 is 13.9 Å². The molecule has 2 aromatic carbocycles. The van der Waals surface area contributed by atoms with Gasteiger partial charge in [0.1, 0.15) is 19.4 Å². The van der Waals surface area contributed by atoms with Crippen LogP contribution in [0.2, 0.25) is 19.6 Å². The van der Waals surface area contributed by atoms with Crippen LogP contribution in [0, 0.1) is 0 Å². The van der Waals surface area contributed by atoms with Gasteiger partial charge in [0.25, 0.3) is 5.79 Å². The molecule has 1 fully saturated rings. The number of carbonyl (C=O) groups excluding carboxylic acids is 1. The quantitative estimate of drug-likeness (QED) is 0.555. The van der Waals surface area contributed by atoms with E-state index >= 15 is 0 Å². The SMILES string of the molecule is C[Si](C)(C)O[C@@]1(C(F)(F)F)OCN(C(=O)OCc2ccccc2)[C@H]1Cc1ccccc1. The van der Waals surface area contributed by atoms with E-state index in [1.165, 1.54) is 0 Å². The molecule has 0 saturated carbocycles. The second-order valence-corrected chi connectivity index (χ2v) is 12.8. The van der Waals surface area contributed by atoms with Crippen molar-refractivity contribution in [3.05, 3.63) is 71.8 Å². The van der Waals surface area contributed by atoms with Crippen LogP contribution >= 0.6 is 0 Å². The number of hydrogen-bond acceptors (Lipinski definition) is 4. The first-order chi connectivity index (χ1) is 14.5. The molecular formula is C22H26F3NO4Si. The van der Waals surface area contributed by atoms with Crippen molar-refractivity contribution in [2.24, 2.45) is 0 Å². The lowest BCUT2D eigenvalue weighted by molar-refractivity contribution is -0.345. The summed E-state index contributed by atoms with van der Waals surface area (Å²) in [5.41, 5.74) is 1.36. The minimum absolute atomic E-state index is 0.0534. The molecule has 1 aliphatic rings. The van der Waals surface area contributed by atoms with E-state index in [-0.39, 0.29) is 13.0 Å². The van der Waals surface area contributed by atoms with Crippen LogP contribution < -0.4 is 0 Å². The van der Waals surface area contributed by atoms with E-state index in [1.807, 2.05) is 6.07 Å². The van der Waals surface area contributed by atoms with Gasteiger partial charge in [-0.15, -0.1) is 0 Å². The number of carbonyl (C=O) groups is 1. The molecule has 0 radical (unpaired) electrons. The molecule has 2 aromatic rings. The minimum Gasteiger partial charge on any atom is -0.444 e. The average Bonchev–Trinajstić information content (AvgIpc) is 3.05. The number of alkyl halides is 3. The van der Waals surface area contributed by atoms with E-state index in [2.05, 4.69) is 0 Å². The first kappa shape index (κ1) is 23.3. The van der Waals surface area contributed by atoms with Gasteiger partial charge in [-0.2, -0.15) is 13.2 Å². The third kappa shape index (κ3) is 5.47. The Balaban J connectivity index is 1.91. The van der Waals surface area contributed by atoms with Crippen LogP contribution in [-0.2, 0) is 26.9 Å². The lowest BCUT2D eigenvalue weighted by Gasteiger charge is -2.40. The van der Waals surface area contributed by atoms with E-state index in [1.54, 1.807) is 74.2 Å². The maximum atomic E-state index is 14.4. The van der Waals surface area contributed by atoms with E-state index in [4.69, 9.17) is 13.9 Å². The van der Waals surface area contributed by atoms with Crippen molar-refractivity contribution in [2.75, 3.05) is 6.73 Å². The van der Waals surface area contributed by atoms with Crippen molar-refractivity contribution in [3.63, 3.8) is 0 Å². The second-order valence-electron chi connectivity index (χ2n) is 8.37. The maximum absolute atomic E-state index is 14.4. The molecule has 3 rings (SSSR count). The maximum Gasteiger partial charge on any atom is 0.444 e. The zero-order chi connectivity index (χ0) is 22.7. The molecule has 1 saturated heterocycles. The summed E-state index contributed by atoms with van der Waals surface area (Å²) in [4.78, 5) is 13.8. The molecule has 5 nitrogen and oxygen atoms in total. The van der Waals surface area contributed by atoms with E-state index in [0.717, 1.165) is 10.5 Å². The summed E-state index contributed by atoms with van der Waals surface area (Å²) in [6, 6.07) is 16.2. The molecule has 168 valence electrons. The highest BCUT2D eigenvalue weighted by Gasteiger charge is 2.69. The minimum atomic E-state index is -4.85. The molecule has 0 spiro atoms. The van der Waals surface area contributed by atoms with E-state index in [0.29, 0.717) is 5.56 Å². The second kappa shape index (κ2) is 9.02. The summed E-state index contributed by atoms with van der Waals surface area (Å²) in [5.74, 6) is -2.92. The van der Waals surface area contributed by atoms with Crippen molar-refractivity contribution in [3.8, 4) is 0 Å². The number of amides is 1. The number of benzene rings is 2. The summed E-state index contributed by atoms with van der Waals surface area (Å²) < 4.78 is 59.3. The number of halogens is 3. The van der Waals surface area contributed by atoms with Crippen molar-refractivity contribution in [1.82, 2.24) is 4.90 Å². The molecule has 1 amide bonds. The van der Waals surface area contributed by atoms with Crippen molar-refractivity contribution in [2.45, 2.75) is 50.7 Å². The highest BCUT2D eigenvalue weighted by atomic mass is 28.4. The molecule has 9 heteroatoms. The van der Waals surface area contributed by atoms with Crippen LogP contribution in [0.1, 0.15) is 11.1 Å². The predicted octanol–water partition coefficient (Wildman–Crippen LogP) is 5.33. The van der Waals surface area contributed by atoms with Crippen LogP contribution in [0.3, 0.4) is 0 Å². The van der Waals surface area contributed by atoms with Gasteiger partial charge in [-0.1, -0.05) is 60.7 Å². The van der Waals surface area contributed by atoms with Crippen molar-refractivity contribution >= 4 is 14.4 Å². The first-order valence-corrected chi connectivity index (χ1v) is 13.3. The van der Waals surface area contributed by atoms with Crippen LogP contribution in [-0.4, -0.2) is 44.0 Å². The lowest BCUT2D eigenvalue weighted by atomic mass is 9.98. The summed E-state index contributed by atoms with van der Waals surface area (Å²) >= 11 is 0. The van der Waals surface area contributed by atoms with Gasteiger partial charge in [0.15, 0.2) is 8.32 Å². The molecule has 31 heavy (non-hydrogen) atoms. The smallest absolute Gasteiger partial charge is 0.444 e. The topological polar surface area (TPSA) is 48.0 Å². The molecule has 0 bridgehead atoms. The molecule has 1 heterocycles. The summed E-state index contributed by atoms with van der Waals surface area (Å²) in [7, 11) is -2.72. The Morgan fingerprint density at radius 3 is 2.13 bits per heavy atom. The predicted molar refractivity (Wildman–Crippen MR) is 112 cm³/mol. The molecule has 0 aromatic heterocycles. The standard InChI is InChI=1S/C22H26F3NO4Si/c1-31(2,3)30-21(22(23,24)25)19(14-17-10-6-4-7-11-17)26(16-29-21)20(27)28-15-18-12-8-5-9-13-18/h4-13,19H,14-16H2,1-3H3/t19-,21-/m0/s1. The normalized spacial score (nSPS) is 21.9. The molecule has 0 N–H and O–H groups in total. The Kier molecular flexibility index (Phi) is 6.78. The Morgan fingerprint density at radius 1 is 1.06 bits per heavy atom. The van der Waals surface area contributed by atoms with Crippen LogP contribution in [0.4, 0.5) is 18.0 Å². The van der Waals surface area contributed by atoms with Crippen molar-refractivity contribution < 1.29 is 31.9 Å². The summed E-state index contributed by atoms with van der Waals surface area (Å²) in [6.45, 7) is 4.33. The Bertz CT molecular complexity index is 874. The van der Waals surface area contributed by atoms with Crippen LogP contribution in [0.5, 0.6) is 0 Å². The highest BCUT2D eigenvalue weighted by molar-refractivity contribution is 6.69. The Morgan fingerprint density at radius 2 is 1.61 bits per heavy atom. The first-order valence-electron chi connectivity index (χ1n) is 9.94. The van der Waals surface area contributed by atoms with Crippen molar-refractivity contribution in [1.29, 1.82) is 0 Å². The molecular weight excluding hydrogens is 427 g/mol. The van der Waals surface area contributed by atoms with Gasteiger partial charge in [0, 0.05) is 0 Å². The van der Waals surface area contributed by atoms with Gasteiger partial charge in [-0.05, 0) is 37.2 Å². The van der Waals surface area contributed by atoms with Gasteiger partial charge in [0.05, 0.1) is 0 Å². The van der Waals surface area contributed by atoms with Gasteiger partial charge in [-0.3, -0.25) is 4.90 Å². The molecule has 0 aliphatic carbocycles. The average molecular weight is 454 g/mol. The molecule has 0 unspecified atom stereocenters. The summed E-state index contributed by atoms with van der Waals surface area (Å²) in [5, 5.41) is 0. The zero-order valence-electron chi connectivity index (χ0n) is 17.7. The highest BCUT2D eigenvalue weighted by Crippen LogP contribution is 2.46. The number of hydrogen-bond donors (Lipinski definition) is 0. The van der Waals surface area contributed by atoms with Gasteiger partial charge >= 0.3 is 12.3 Å². The lowest BCUT2D eigenvalue weighted by Crippen LogP contribution is -2.62. The molecule has 1 aliphatic heterocycles. The van der Waals surface area contributed by atoms with Crippen LogP contribution in [0.15, 0.2) is 60.7 Å². The number of nitrogens with zero attached hydrogens (tertiary/aromatic N) is 1. The van der Waals surface area contributed by atoms with Gasteiger partial charge in [-0.25, -0.2) is 4.79 Å². The Hall–Kier alpha value is -2.36. The monoisotopic (exact) mass is 453 g/mol. The summed E-state index contributed by atoms with van der Waals surface area (Å²) in [6.07, 6.45) is -5.82. The fourth-order valence-electron chi connectivity index (χ4n) is 3.50. The molecule has 2 atom stereocenters. The van der Waals surface area contributed by atoms with E-state index in [9.17, 15) is 18.0 Å². The van der Waals surface area contributed by atoms with E-state index < -0.39 is 39.1 Å². The fraction of sp³-hybridized carbons (Fsp3) is 0.409. The fourth-order valence-corrected chi connectivity index (χ4v) is 4.72. The zero-order valence-corrected chi connectivity index (χ0v) is 18.7. The van der Waals surface area contributed by atoms with Gasteiger partial charge in [0.2, 0.25) is 0 Å².